The number of benzene rings is 2. The van der Waals surface area contributed by atoms with Gasteiger partial charge in [-0.05, 0) is 56.0 Å². The number of phenolic OH excluding ortho intramolecular Hbond substituents is 1. The number of phenols is 1. The topological polar surface area (TPSA) is 87.1 Å². The maximum absolute atomic E-state index is 12.0. The summed E-state index contributed by atoms with van der Waals surface area (Å²) >= 11 is 3.45. The molecule has 2 N–H and O–H groups in total. The summed E-state index contributed by atoms with van der Waals surface area (Å²) in [5, 5.41) is 19.5. The predicted octanol–water partition coefficient (Wildman–Crippen LogP) is 4.91. The van der Waals surface area contributed by atoms with Crippen molar-refractivity contribution in [3.8, 4) is 5.75 Å². The average molecular weight is 462 g/mol. The Kier molecular flexibility index (Phi) is 6.79. The molecule has 154 valence electrons. The molecule has 0 radical (unpaired) electrons. The van der Waals surface area contributed by atoms with E-state index in [-0.39, 0.29) is 36.4 Å². The number of esters is 1. The minimum Gasteiger partial charge on any atom is -0.507 e. The van der Waals surface area contributed by atoms with Gasteiger partial charge in [0.2, 0.25) is 0 Å². The molecule has 1 fully saturated rings. The van der Waals surface area contributed by atoms with Crippen molar-refractivity contribution in [3.05, 3.63) is 58.1 Å². The fourth-order valence-corrected chi connectivity index (χ4v) is 4.19. The molecule has 1 aliphatic heterocycles. The normalized spacial score (nSPS) is 18.6. The van der Waals surface area contributed by atoms with Gasteiger partial charge in [0.1, 0.15) is 11.3 Å². The van der Waals surface area contributed by atoms with E-state index in [0.717, 1.165) is 28.6 Å². The highest BCUT2D eigenvalue weighted by molar-refractivity contribution is 9.10. The van der Waals surface area contributed by atoms with Crippen LogP contribution in [0.5, 0.6) is 5.75 Å². The van der Waals surface area contributed by atoms with E-state index in [1.165, 1.54) is 0 Å². The Hall–Kier alpha value is -2.54. The monoisotopic (exact) mass is 461 g/mol. The van der Waals surface area contributed by atoms with Crippen LogP contribution in [0.2, 0.25) is 0 Å². The SMILES string of the molecule is CCOC(=O)c1ccc(N2C(CCC(=O)O)CCC2c2ccc(Br)cc2)cc1O. The second-order valence-electron chi connectivity index (χ2n) is 7.06. The summed E-state index contributed by atoms with van der Waals surface area (Å²) in [6.45, 7) is 1.94. The van der Waals surface area contributed by atoms with Crippen molar-refractivity contribution >= 4 is 33.6 Å². The van der Waals surface area contributed by atoms with Crippen LogP contribution < -0.4 is 4.90 Å². The quantitative estimate of drug-likeness (QED) is 0.569. The lowest BCUT2D eigenvalue weighted by molar-refractivity contribution is -0.137. The number of anilines is 1. The van der Waals surface area contributed by atoms with E-state index in [0.29, 0.717) is 6.42 Å². The molecule has 1 heterocycles. The molecule has 0 saturated carbocycles. The van der Waals surface area contributed by atoms with Gasteiger partial charge in [-0.1, -0.05) is 28.1 Å². The van der Waals surface area contributed by atoms with Gasteiger partial charge in [-0.15, -0.1) is 0 Å². The Morgan fingerprint density at radius 2 is 1.90 bits per heavy atom. The fraction of sp³-hybridized carbons (Fsp3) is 0.364. The van der Waals surface area contributed by atoms with Crippen molar-refractivity contribution in [2.45, 2.75) is 44.7 Å². The van der Waals surface area contributed by atoms with Gasteiger partial charge < -0.3 is 19.8 Å². The number of aromatic hydroxyl groups is 1. The number of ether oxygens (including phenoxy) is 1. The molecule has 2 unspecified atom stereocenters. The molecule has 3 rings (SSSR count). The lowest BCUT2D eigenvalue weighted by Gasteiger charge is -2.33. The second kappa shape index (κ2) is 9.31. The molecule has 1 saturated heterocycles. The summed E-state index contributed by atoms with van der Waals surface area (Å²) in [5.41, 5.74) is 2.01. The second-order valence-corrected chi connectivity index (χ2v) is 7.98. The molecule has 2 aromatic carbocycles. The zero-order chi connectivity index (χ0) is 21.0. The average Bonchev–Trinajstić information content (AvgIpc) is 3.11. The number of halogens is 1. The lowest BCUT2D eigenvalue weighted by atomic mass is 10.0. The molecule has 0 bridgehead atoms. The smallest absolute Gasteiger partial charge is 0.341 e. The van der Waals surface area contributed by atoms with Crippen LogP contribution in [0.25, 0.3) is 0 Å². The zero-order valence-corrected chi connectivity index (χ0v) is 17.8. The molecule has 0 spiro atoms. The predicted molar refractivity (Wildman–Crippen MR) is 113 cm³/mol. The Morgan fingerprint density at radius 1 is 1.17 bits per heavy atom. The zero-order valence-electron chi connectivity index (χ0n) is 16.2. The van der Waals surface area contributed by atoms with Gasteiger partial charge in [0, 0.05) is 28.7 Å². The summed E-state index contributed by atoms with van der Waals surface area (Å²) in [6.07, 6.45) is 2.34. The van der Waals surface area contributed by atoms with Gasteiger partial charge in [-0.2, -0.15) is 0 Å². The van der Waals surface area contributed by atoms with E-state index in [9.17, 15) is 14.7 Å². The first-order valence-electron chi connectivity index (χ1n) is 9.66. The van der Waals surface area contributed by atoms with E-state index in [4.69, 9.17) is 9.84 Å². The minimum absolute atomic E-state index is 0.0348. The molecule has 1 aliphatic rings. The third kappa shape index (κ3) is 4.90. The van der Waals surface area contributed by atoms with Crippen molar-refractivity contribution in [2.75, 3.05) is 11.5 Å². The van der Waals surface area contributed by atoms with Crippen LogP contribution in [0.15, 0.2) is 46.9 Å². The fourth-order valence-electron chi connectivity index (χ4n) is 3.92. The number of carbonyl (C=O) groups is 2. The Bertz CT molecular complexity index is 883. The molecule has 2 aromatic rings. The summed E-state index contributed by atoms with van der Waals surface area (Å²) < 4.78 is 5.97. The molecule has 0 aliphatic carbocycles. The molecule has 0 aromatic heterocycles. The number of hydrogen-bond acceptors (Lipinski definition) is 5. The van der Waals surface area contributed by atoms with Gasteiger partial charge in [0.05, 0.1) is 12.6 Å². The van der Waals surface area contributed by atoms with Crippen LogP contribution in [-0.4, -0.2) is 34.8 Å². The Balaban J connectivity index is 1.94. The van der Waals surface area contributed by atoms with Crippen molar-refractivity contribution in [1.29, 1.82) is 0 Å². The van der Waals surface area contributed by atoms with Crippen molar-refractivity contribution in [2.24, 2.45) is 0 Å². The first-order valence-corrected chi connectivity index (χ1v) is 10.5. The molecular weight excluding hydrogens is 438 g/mol. The van der Waals surface area contributed by atoms with Gasteiger partial charge in [0.25, 0.3) is 0 Å². The van der Waals surface area contributed by atoms with Crippen LogP contribution in [-0.2, 0) is 9.53 Å². The molecular formula is C22H24BrNO5. The Morgan fingerprint density at radius 3 is 2.52 bits per heavy atom. The molecule has 6 nitrogen and oxygen atoms in total. The molecule has 0 amide bonds. The first-order chi connectivity index (χ1) is 13.9. The number of aliphatic carboxylic acids is 1. The number of carbonyl (C=O) groups excluding carboxylic acids is 1. The van der Waals surface area contributed by atoms with Crippen LogP contribution >= 0.6 is 15.9 Å². The molecule has 29 heavy (non-hydrogen) atoms. The maximum atomic E-state index is 12.0. The van der Waals surface area contributed by atoms with Gasteiger partial charge in [0.15, 0.2) is 0 Å². The van der Waals surface area contributed by atoms with Crippen LogP contribution in [0.4, 0.5) is 5.69 Å². The molecule has 2 atom stereocenters. The highest BCUT2D eigenvalue weighted by atomic mass is 79.9. The minimum atomic E-state index is -0.822. The summed E-state index contributed by atoms with van der Waals surface area (Å²) in [4.78, 5) is 25.3. The Labute approximate surface area is 178 Å². The van der Waals surface area contributed by atoms with E-state index in [2.05, 4.69) is 20.8 Å². The first kappa shape index (κ1) is 21.2. The van der Waals surface area contributed by atoms with Crippen LogP contribution in [0.1, 0.15) is 54.6 Å². The van der Waals surface area contributed by atoms with Crippen molar-refractivity contribution in [1.82, 2.24) is 0 Å². The van der Waals surface area contributed by atoms with Gasteiger partial charge >= 0.3 is 11.9 Å². The maximum Gasteiger partial charge on any atom is 0.341 e. The van der Waals surface area contributed by atoms with E-state index >= 15 is 0 Å². The number of nitrogens with zero attached hydrogens (tertiary/aromatic N) is 1. The van der Waals surface area contributed by atoms with Gasteiger partial charge in [-0.25, -0.2) is 4.79 Å². The van der Waals surface area contributed by atoms with E-state index < -0.39 is 11.9 Å². The number of carboxylic acid groups (broad SMARTS) is 1. The third-order valence-corrected chi connectivity index (χ3v) is 5.75. The van der Waals surface area contributed by atoms with Gasteiger partial charge in [-0.3, -0.25) is 4.79 Å². The highest BCUT2D eigenvalue weighted by Crippen LogP contribution is 2.42. The number of hydrogen-bond donors (Lipinski definition) is 2. The largest absolute Gasteiger partial charge is 0.507 e. The highest BCUT2D eigenvalue weighted by Gasteiger charge is 2.35. The van der Waals surface area contributed by atoms with E-state index in [1.807, 2.05) is 24.3 Å². The van der Waals surface area contributed by atoms with Crippen molar-refractivity contribution < 1.29 is 24.5 Å². The summed E-state index contributed by atoms with van der Waals surface area (Å²) in [6, 6.07) is 13.1. The standard InChI is InChI=1S/C22H24BrNO5/c1-2-29-22(28)18-10-7-17(13-20(18)25)24-16(9-12-21(26)27)8-11-19(24)14-3-5-15(23)6-4-14/h3-7,10,13,16,19,25H,2,8-9,11-12H2,1H3,(H,26,27). The number of carboxylic acids is 1. The van der Waals surface area contributed by atoms with Crippen LogP contribution in [0, 0.1) is 0 Å². The lowest BCUT2D eigenvalue weighted by Crippen LogP contribution is -2.32. The van der Waals surface area contributed by atoms with Crippen molar-refractivity contribution in [3.63, 3.8) is 0 Å². The molecule has 7 heteroatoms. The summed E-state index contributed by atoms with van der Waals surface area (Å²) in [7, 11) is 0. The number of rotatable bonds is 7. The van der Waals surface area contributed by atoms with Crippen LogP contribution in [0.3, 0.4) is 0 Å². The van der Waals surface area contributed by atoms with E-state index in [1.54, 1.807) is 25.1 Å². The summed E-state index contributed by atoms with van der Waals surface area (Å²) in [5.74, 6) is -1.53. The third-order valence-electron chi connectivity index (χ3n) is 5.22.